The van der Waals surface area contributed by atoms with Crippen LogP contribution in [0.1, 0.15) is 32.1 Å². The quantitative estimate of drug-likeness (QED) is 0.616. The average Bonchev–Trinajstić information content (AvgIpc) is 2.02. The van der Waals surface area contributed by atoms with Gasteiger partial charge in [0.1, 0.15) is 0 Å². The second kappa shape index (κ2) is 2.76. The summed E-state index contributed by atoms with van der Waals surface area (Å²) in [6, 6.07) is 0.712. The molecule has 1 spiro atoms. The minimum atomic E-state index is 0.311. The summed E-state index contributed by atoms with van der Waals surface area (Å²) in [4.78, 5) is 0. The van der Waals surface area contributed by atoms with Crippen LogP contribution in [0.25, 0.3) is 0 Å². The predicted molar refractivity (Wildman–Crippen MR) is 44.6 cm³/mol. The van der Waals surface area contributed by atoms with Gasteiger partial charge in [-0.25, -0.2) is 0 Å². The summed E-state index contributed by atoms with van der Waals surface area (Å²) < 4.78 is 5.79. The maximum atomic E-state index is 5.79. The van der Waals surface area contributed by atoms with Gasteiger partial charge in [0, 0.05) is 12.6 Å². The van der Waals surface area contributed by atoms with E-state index in [0.29, 0.717) is 11.6 Å². The van der Waals surface area contributed by atoms with Crippen LogP contribution in [0.4, 0.5) is 0 Å². The molecule has 1 heterocycles. The molecule has 11 heavy (non-hydrogen) atoms. The molecule has 1 unspecified atom stereocenters. The molecule has 1 aliphatic heterocycles. The van der Waals surface area contributed by atoms with Crippen LogP contribution in [-0.4, -0.2) is 25.3 Å². The van der Waals surface area contributed by atoms with Gasteiger partial charge >= 0.3 is 0 Å². The van der Waals surface area contributed by atoms with Crippen LogP contribution in [-0.2, 0) is 4.74 Å². The molecule has 0 aromatic carbocycles. The lowest BCUT2D eigenvalue weighted by Crippen LogP contribution is -2.50. The first-order chi connectivity index (χ1) is 5.35. The summed E-state index contributed by atoms with van der Waals surface area (Å²) in [5.41, 5.74) is 0.311. The summed E-state index contributed by atoms with van der Waals surface area (Å²) in [5, 5.41) is 3.35. The van der Waals surface area contributed by atoms with E-state index in [1.54, 1.807) is 0 Å². The van der Waals surface area contributed by atoms with Crippen LogP contribution in [0.15, 0.2) is 0 Å². The molecule has 1 saturated heterocycles. The third-order valence-corrected chi connectivity index (χ3v) is 3.17. The molecule has 2 heteroatoms. The van der Waals surface area contributed by atoms with Gasteiger partial charge in [-0.1, -0.05) is 0 Å². The highest BCUT2D eigenvalue weighted by Gasteiger charge is 2.41. The highest BCUT2D eigenvalue weighted by Crippen LogP contribution is 2.42. The molecular weight excluding hydrogens is 138 g/mol. The fourth-order valence-electron chi connectivity index (χ4n) is 2.19. The first kappa shape index (κ1) is 7.56. The van der Waals surface area contributed by atoms with Gasteiger partial charge in [-0.3, -0.25) is 0 Å². The van der Waals surface area contributed by atoms with Crippen molar-refractivity contribution in [2.24, 2.45) is 0 Å². The first-order valence-electron chi connectivity index (χ1n) is 4.66. The Bertz CT molecular complexity index is 142. The Hall–Kier alpha value is -0.0800. The smallest absolute Gasteiger partial charge is 0.0697 e. The normalized spacial score (nSPS) is 35.2. The monoisotopic (exact) mass is 155 g/mol. The molecule has 2 rings (SSSR count). The summed E-state index contributed by atoms with van der Waals surface area (Å²) in [5.74, 6) is 0. The van der Waals surface area contributed by atoms with Gasteiger partial charge in [0.15, 0.2) is 0 Å². The predicted octanol–water partition coefficient (Wildman–Crippen LogP) is 1.31. The molecule has 1 atom stereocenters. The number of nitrogens with one attached hydrogen (secondary N) is 1. The largest absolute Gasteiger partial charge is 0.375 e. The molecule has 1 N–H and O–H groups in total. The van der Waals surface area contributed by atoms with E-state index in [4.69, 9.17) is 4.74 Å². The minimum Gasteiger partial charge on any atom is -0.375 e. The van der Waals surface area contributed by atoms with Crippen LogP contribution < -0.4 is 5.32 Å². The van der Waals surface area contributed by atoms with Crippen LogP contribution in [0.5, 0.6) is 0 Å². The van der Waals surface area contributed by atoms with Crippen LogP contribution in [0, 0.1) is 0 Å². The van der Waals surface area contributed by atoms with Gasteiger partial charge in [-0.15, -0.1) is 0 Å². The van der Waals surface area contributed by atoms with E-state index in [1.807, 2.05) is 0 Å². The summed E-state index contributed by atoms with van der Waals surface area (Å²) in [6.45, 7) is 0.964. The Morgan fingerprint density at radius 3 is 2.82 bits per heavy atom. The maximum Gasteiger partial charge on any atom is 0.0697 e. The van der Waals surface area contributed by atoms with E-state index in [-0.39, 0.29) is 0 Å². The van der Waals surface area contributed by atoms with Crippen LogP contribution in [0.2, 0.25) is 0 Å². The second-order valence-electron chi connectivity index (χ2n) is 3.86. The Balaban J connectivity index is 1.92. The van der Waals surface area contributed by atoms with Crippen molar-refractivity contribution in [2.75, 3.05) is 13.7 Å². The lowest BCUT2D eigenvalue weighted by molar-refractivity contribution is -0.135. The number of hydrogen-bond donors (Lipinski definition) is 1. The molecular formula is C9H17NO. The summed E-state index contributed by atoms with van der Waals surface area (Å²) >= 11 is 0. The maximum absolute atomic E-state index is 5.79. The zero-order valence-electron chi connectivity index (χ0n) is 7.23. The molecule has 64 valence electrons. The fraction of sp³-hybridized carbons (Fsp3) is 1.00. The fourth-order valence-corrected chi connectivity index (χ4v) is 2.19. The van der Waals surface area contributed by atoms with E-state index >= 15 is 0 Å². The van der Waals surface area contributed by atoms with Crippen molar-refractivity contribution in [2.45, 2.75) is 43.7 Å². The molecule has 0 bridgehead atoms. The highest BCUT2D eigenvalue weighted by molar-refractivity contribution is 4.95. The Labute approximate surface area is 68.3 Å². The molecule has 0 aromatic heterocycles. The summed E-state index contributed by atoms with van der Waals surface area (Å²) in [6.07, 6.45) is 6.40. The Morgan fingerprint density at radius 1 is 1.45 bits per heavy atom. The lowest BCUT2D eigenvalue weighted by atomic mass is 9.74. The van der Waals surface area contributed by atoms with Crippen molar-refractivity contribution < 1.29 is 4.74 Å². The number of hydrogen-bond acceptors (Lipinski definition) is 2. The third kappa shape index (κ3) is 1.30. The SMILES string of the molecule is CNC1CCOC2(CCC2)C1. The van der Waals surface area contributed by atoms with E-state index in [2.05, 4.69) is 12.4 Å². The zero-order chi connectivity index (χ0) is 7.73. The van der Waals surface area contributed by atoms with Gasteiger partial charge in [0.05, 0.1) is 5.60 Å². The lowest BCUT2D eigenvalue weighted by Gasteiger charge is -2.47. The van der Waals surface area contributed by atoms with Gasteiger partial charge in [-0.2, -0.15) is 0 Å². The summed E-state index contributed by atoms with van der Waals surface area (Å²) in [7, 11) is 2.06. The zero-order valence-corrected chi connectivity index (χ0v) is 7.23. The molecule has 2 aliphatic rings. The van der Waals surface area contributed by atoms with E-state index in [9.17, 15) is 0 Å². The van der Waals surface area contributed by atoms with Crippen molar-refractivity contribution in [1.29, 1.82) is 0 Å². The van der Waals surface area contributed by atoms with Crippen molar-refractivity contribution >= 4 is 0 Å². The third-order valence-electron chi connectivity index (χ3n) is 3.17. The van der Waals surface area contributed by atoms with Gasteiger partial charge in [-0.05, 0) is 39.2 Å². The van der Waals surface area contributed by atoms with Crippen molar-refractivity contribution in [3.05, 3.63) is 0 Å². The molecule has 0 amide bonds. The van der Waals surface area contributed by atoms with Gasteiger partial charge in [0.2, 0.25) is 0 Å². The molecule has 0 aromatic rings. The standard InChI is InChI=1S/C9H17NO/c1-10-8-3-6-11-9(7-8)4-2-5-9/h8,10H,2-7H2,1H3. The second-order valence-corrected chi connectivity index (χ2v) is 3.86. The topological polar surface area (TPSA) is 21.3 Å². The van der Waals surface area contributed by atoms with Gasteiger partial charge in [0.25, 0.3) is 0 Å². The Morgan fingerprint density at radius 2 is 2.27 bits per heavy atom. The molecule has 2 nitrogen and oxygen atoms in total. The number of rotatable bonds is 1. The molecule has 2 fully saturated rings. The van der Waals surface area contributed by atoms with Crippen LogP contribution >= 0.6 is 0 Å². The number of ether oxygens (including phenoxy) is 1. The van der Waals surface area contributed by atoms with Crippen molar-refractivity contribution in [1.82, 2.24) is 5.32 Å². The van der Waals surface area contributed by atoms with E-state index in [1.165, 1.54) is 32.1 Å². The van der Waals surface area contributed by atoms with E-state index in [0.717, 1.165) is 6.61 Å². The highest BCUT2D eigenvalue weighted by atomic mass is 16.5. The minimum absolute atomic E-state index is 0.311. The first-order valence-corrected chi connectivity index (χ1v) is 4.66. The average molecular weight is 155 g/mol. The van der Waals surface area contributed by atoms with Crippen LogP contribution in [0.3, 0.4) is 0 Å². The van der Waals surface area contributed by atoms with Crippen molar-refractivity contribution in [3.63, 3.8) is 0 Å². The van der Waals surface area contributed by atoms with E-state index < -0.39 is 0 Å². The van der Waals surface area contributed by atoms with Gasteiger partial charge < -0.3 is 10.1 Å². The van der Waals surface area contributed by atoms with Crippen molar-refractivity contribution in [3.8, 4) is 0 Å². The molecule has 0 radical (unpaired) electrons. The molecule has 1 saturated carbocycles. The Kier molecular flexibility index (Phi) is 1.90. The molecule has 1 aliphatic carbocycles.